The number of hydrogen-bond donors (Lipinski definition) is 0. The van der Waals surface area contributed by atoms with Gasteiger partial charge in [-0.25, -0.2) is 4.79 Å². The Morgan fingerprint density at radius 3 is 2.65 bits per heavy atom. The van der Waals surface area contributed by atoms with Gasteiger partial charge in [-0.05, 0) is 30.9 Å². The lowest BCUT2D eigenvalue weighted by Crippen LogP contribution is -2.77. The minimum Gasteiger partial charge on any atom is -0.497 e. The Bertz CT molecular complexity index is 1140. The number of methoxy groups -OCH3 is 2. The summed E-state index contributed by atoms with van der Waals surface area (Å²) < 4.78 is 23.9. The minimum absolute atomic E-state index is 0.00783. The van der Waals surface area contributed by atoms with Crippen LogP contribution >= 0.6 is 0 Å². The molecule has 2 spiro atoms. The van der Waals surface area contributed by atoms with Gasteiger partial charge < -0.3 is 28.7 Å². The molecule has 2 bridgehead atoms. The number of piperidine rings is 1. The van der Waals surface area contributed by atoms with Crippen LogP contribution in [-0.4, -0.2) is 74.0 Å². The molecule has 5 aliphatic heterocycles. The quantitative estimate of drug-likeness (QED) is 0.615. The second kappa shape index (κ2) is 6.44. The zero-order chi connectivity index (χ0) is 24.3. The molecule has 1 amide bonds. The Morgan fingerprint density at radius 1 is 1.24 bits per heavy atom. The van der Waals surface area contributed by atoms with Gasteiger partial charge in [0.05, 0.1) is 31.1 Å². The lowest BCUT2D eigenvalue weighted by atomic mass is 9.48. The molecule has 0 aromatic heterocycles. The molecule has 0 N–H and O–H groups in total. The number of carbonyl (C=O) groups excluding carboxylic acids is 3. The summed E-state index contributed by atoms with van der Waals surface area (Å²) in [5.74, 6) is -0.352. The molecule has 5 aliphatic rings. The van der Waals surface area contributed by atoms with Crippen LogP contribution in [0.5, 0.6) is 5.75 Å². The predicted molar refractivity (Wildman–Crippen MR) is 119 cm³/mol. The molecule has 34 heavy (non-hydrogen) atoms. The van der Waals surface area contributed by atoms with E-state index in [0.29, 0.717) is 38.0 Å². The van der Waals surface area contributed by atoms with Crippen molar-refractivity contribution in [3.8, 4) is 5.75 Å². The summed E-state index contributed by atoms with van der Waals surface area (Å²) >= 11 is 0. The number of likely N-dealkylation sites (N-methyl/N-ethyl adjacent to an activating group) is 1. The van der Waals surface area contributed by atoms with Gasteiger partial charge in [0.15, 0.2) is 11.8 Å². The van der Waals surface area contributed by atoms with Crippen LogP contribution < -0.4 is 9.64 Å². The maximum Gasteiger partial charge on any atom is 0.344 e. The number of anilines is 1. The van der Waals surface area contributed by atoms with E-state index >= 15 is 0 Å². The lowest BCUT2D eigenvalue weighted by Gasteiger charge is -2.59. The molecule has 9 nitrogen and oxygen atoms in total. The standard InChI is InChI=1S/C25H30N2O7/c1-6-22-11-12-27-18(29)9-10-23-16-8-7-15(31-4)13-17(16)26(3)19(23)24(21(30)32-5,34-25(22,23)27)20(22)33-14(2)28/h7-8,13,19-20H,6,9-12H2,1-5H3/t19-,20+,22+,23+,24+,25+/m1/s1. The van der Waals surface area contributed by atoms with Crippen molar-refractivity contribution in [2.75, 3.05) is 32.7 Å². The highest BCUT2D eigenvalue weighted by Crippen LogP contribution is 2.80. The fourth-order valence-corrected chi connectivity index (χ4v) is 8.57. The Hall–Kier alpha value is -2.81. The fraction of sp³-hybridized carbons (Fsp3) is 0.640. The summed E-state index contributed by atoms with van der Waals surface area (Å²) in [6, 6.07) is 5.41. The van der Waals surface area contributed by atoms with Gasteiger partial charge in [-0.3, -0.25) is 9.59 Å². The van der Waals surface area contributed by atoms with E-state index in [0.717, 1.165) is 11.3 Å². The van der Waals surface area contributed by atoms with E-state index in [2.05, 4.69) is 0 Å². The van der Waals surface area contributed by atoms with Gasteiger partial charge in [0, 0.05) is 38.7 Å². The molecule has 6 rings (SSSR count). The van der Waals surface area contributed by atoms with Gasteiger partial charge in [-0.15, -0.1) is 0 Å². The average Bonchev–Trinajstić information content (AvgIpc) is 3.47. The average molecular weight is 471 g/mol. The van der Waals surface area contributed by atoms with Crippen molar-refractivity contribution in [3.63, 3.8) is 0 Å². The second-order valence-corrected chi connectivity index (χ2v) is 10.2. The van der Waals surface area contributed by atoms with Crippen molar-refractivity contribution in [1.82, 2.24) is 4.90 Å². The van der Waals surface area contributed by atoms with E-state index in [1.54, 1.807) is 7.11 Å². The first kappa shape index (κ1) is 21.7. The molecule has 6 atom stereocenters. The van der Waals surface area contributed by atoms with Crippen molar-refractivity contribution < 1.29 is 33.3 Å². The molecule has 4 fully saturated rings. The number of fused-ring (bicyclic) bond motifs is 3. The maximum atomic E-state index is 13.8. The number of ether oxygens (including phenoxy) is 4. The Kier molecular flexibility index (Phi) is 4.11. The molecule has 0 saturated carbocycles. The highest BCUT2D eigenvalue weighted by molar-refractivity contribution is 5.91. The summed E-state index contributed by atoms with van der Waals surface area (Å²) in [7, 11) is 4.88. The molecule has 0 aliphatic carbocycles. The molecule has 4 saturated heterocycles. The van der Waals surface area contributed by atoms with Gasteiger partial charge in [-0.2, -0.15) is 0 Å². The van der Waals surface area contributed by atoms with Crippen LogP contribution in [0.25, 0.3) is 0 Å². The number of nitrogens with zero attached hydrogens (tertiary/aromatic N) is 2. The summed E-state index contributed by atoms with van der Waals surface area (Å²) in [6.45, 7) is 3.87. The molecule has 182 valence electrons. The van der Waals surface area contributed by atoms with Crippen LogP contribution in [0.15, 0.2) is 18.2 Å². The topological polar surface area (TPSA) is 94.6 Å². The third kappa shape index (κ3) is 1.88. The first-order chi connectivity index (χ1) is 16.2. The van der Waals surface area contributed by atoms with Crippen molar-refractivity contribution in [1.29, 1.82) is 0 Å². The van der Waals surface area contributed by atoms with Crippen molar-refractivity contribution in [2.45, 2.75) is 68.4 Å². The Morgan fingerprint density at radius 2 is 2.00 bits per heavy atom. The summed E-state index contributed by atoms with van der Waals surface area (Å²) in [4.78, 5) is 43.5. The molecule has 9 heteroatoms. The Balaban J connectivity index is 1.73. The number of amides is 1. The molecule has 0 radical (unpaired) electrons. The highest BCUT2D eigenvalue weighted by atomic mass is 16.6. The maximum absolute atomic E-state index is 13.8. The third-order valence-electron chi connectivity index (χ3n) is 9.43. The van der Waals surface area contributed by atoms with Gasteiger partial charge in [0.2, 0.25) is 11.5 Å². The predicted octanol–water partition coefficient (Wildman–Crippen LogP) is 1.76. The van der Waals surface area contributed by atoms with Crippen LogP contribution in [-0.2, 0) is 34.0 Å². The summed E-state index contributed by atoms with van der Waals surface area (Å²) in [5.41, 5.74) is -2.19. The van der Waals surface area contributed by atoms with E-state index in [-0.39, 0.29) is 5.91 Å². The van der Waals surface area contributed by atoms with E-state index in [1.165, 1.54) is 14.0 Å². The van der Waals surface area contributed by atoms with Gasteiger partial charge in [0.25, 0.3) is 0 Å². The number of hydrogen-bond acceptors (Lipinski definition) is 8. The van der Waals surface area contributed by atoms with Crippen LogP contribution in [0.1, 0.15) is 45.1 Å². The van der Waals surface area contributed by atoms with Gasteiger partial charge >= 0.3 is 11.9 Å². The number of carbonyl (C=O) groups is 3. The molecule has 1 aromatic carbocycles. The van der Waals surface area contributed by atoms with E-state index < -0.39 is 46.2 Å². The van der Waals surface area contributed by atoms with Crippen LogP contribution in [0.4, 0.5) is 5.69 Å². The van der Waals surface area contributed by atoms with Crippen LogP contribution in [0.3, 0.4) is 0 Å². The largest absolute Gasteiger partial charge is 0.497 e. The van der Waals surface area contributed by atoms with Gasteiger partial charge in [-0.1, -0.05) is 13.0 Å². The normalized spacial score (nSPS) is 40.7. The highest BCUT2D eigenvalue weighted by Gasteiger charge is 2.96. The first-order valence-electron chi connectivity index (χ1n) is 11.9. The smallest absolute Gasteiger partial charge is 0.344 e. The van der Waals surface area contributed by atoms with E-state index in [1.807, 2.05) is 42.0 Å². The minimum atomic E-state index is -1.58. The molecule has 0 unspecified atom stereocenters. The summed E-state index contributed by atoms with van der Waals surface area (Å²) in [5, 5.41) is 0. The van der Waals surface area contributed by atoms with E-state index in [9.17, 15) is 14.4 Å². The number of esters is 2. The molecular formula is C25H30N2O7. The summed E-state index contributed by atoms with van der Waals surface area (Å²) in [6.07, 6.45) is 1.16. The van der Waals surface area contributed by atoms with Crippen LogP contribution in [0, 0.1) is 5.41 Å². The third-order valence-corrected chi connectivity index (χ3v) is 9.43. The Labute approximate surface area is 198 Å². The van der Waals surface area contributed by atoms with Crippen molar-refractivity contribution in [3.05, 3.63) is 23.8 Å². The molecule has 1 aromatic rings. The SMILES string of the molecule is CC[C@@]12CCN3C(=O)CC[C@]45c6ccc(OC)cc6N(C)[C@H]4[C@](C(=O)OC)(O[C@@]315)[C@H]2OC(C)=O. The first-order valence-corrected chi connectivity index (χ1v) is 11.9. The zero-order valence-electron chi connectivity index (χ0n) is 20.2. The second-order valence-electron chi connectivity index (χ2n) is 10.2. The monoisotopic (exact) mass is 470 g/mol. The number of rotatable bonds is 4. The fourth-order valence-electron chi connectivity index (χ4n) is 8.57. The molecule has 5 heterocycles. The van der Waals surface area contributed by atoms with Crippen molar-refractivity contribution >= 4 is 23.5 Å². The molecular weight excluding hydrogens is 440 g/mol. The number of benzene rings is 1. The van der Waals surface area contributed by atoms with Crippen molar-refractivity contribution in [2.24, 2.45) is 5.41 Å². The lowest BCUT2D eigenvalue weighted by molar-refractivity contribution is -0.206. The van der Waals surface area contributed by atoms with Crippen LogP contribution in [0.2, 0.25) is 0 Å². The van der Waals surface area contributed by atoms with Gasteiger partial charge in [0.1, 0.15) is 5.75 Å². The zero-order valence-corrected chi connectivity index (χ0v) is 20.2. The van der Waals surface area contributed by atoms with E-state index in [4.69, 9.17) is 18.9 Å².